The van der Waals surface area contributed by atoms with Crippen LogP contribution in [0.4, 0.5) is 10.5 Å². The molecule has 0 radical (unpaired) electrons. The highest BCUT2D eigenvalue weighted by molar-refractivity contribution is 5.96. The lowest BCUT2D eigenvalue weighted by Crippen LogP contribution is -2.48. The number of carbonyl (C=O) groups excluding carboxylic acids is 1. The minimum absolute atomic E-state index is 0.0255. The number of nitrogens with zero attached hydrogens (tertiary/aromatic N) is 2. The first kappa shape index (κ1) is 15.0. The van der Waals surface area contributed by atoms with Crippen molar-refractivity contribution in [3.8, 4) is 0 Å². The summed E-state index contributed by atoms with van der Waals surface area (Å²) in [5.74, 6) is -1.03. The van der Waals surface area contributed by atoms with Gasteiger partial charge in [-0.25, -0.2) is 4.79 Å². The molecule has 104 valence electrons. The van der Waals surface area contributed by atoms with Crippen LogP contribution < -0.4 is 4.90 Å². The number of carboxylic acid groups (broad SMARTS) is 1. The number of hydrogen-bond acceptors (Lipinski definition) is 2. The molecule has 0 spiro atoms. The predicted molar refractivity (Wildman–Crippen MR) is 74.3 cm³/mol. The zero-order valence-corrected chi connectivity index (χ0v) is 11.5. The molecule has 0 atom stereocenters. The summed E-state index contributed by atoms with van der Waals surface area (Å²) < 4.78 is 0. The highest BCUT2D eigenvalue weighted by Gasteiger charge is 2.24. The van der Waals surface area contributed by atoms with Gasteiger partial charge in [0.1, 0.15) is 6.54 Å². The molecule has 1 N–H and O–H groups in total. The Morgan fingerprint density at radius 2 is 1.79 bits per heavy atom. The molecule has 0 unspecified atom stereocenters. The van der Waals surface area contributed by atoms with Gasteiger partial charge in [-0.1, -0.05) is 18.2 Å². The number of para-hydroxylation sites is 1. The van der Waals surface area contributed by atoms with Gasteiger partial charge in [0.25, 0.3) is 0 Å². The van der Waals surface area contributed by atoms with Gasteiger partial charge in [-0.05, 0) is 32.9 Å². The number of anilines is 1. The van der Waals surface area contributed by atoms with Crippen molar-refractivity contribution in [3.63, 3.8) is 0 Å². The third kappa shape index (κ3) is 3.98. The third-order valence-electron chi connectivity index (χ3n) is 2.80. The van der Waals surface area contributed by atoms with Crippen molar-refractivity contribution < 1.29 is 14.7 Å². The Morgan fingerprint density at radius 1 is 1.21 bits per heavy atom. The number of urea groups is 1. The maximum atomic E-state index is 12.4. The van der Waals surface area contributed by atoms with E-state index in [0.717, 1.165) is 0 Å². The molecule has 0 aliphatic carbocycles. The van der Waals surface area contributed by atoms with E-state index >= 15 is 0 Å². The van der Waals surface area contributed by atoms with Gasteiger partial charge in [-0.15, -0.1) is 0 Å². The molecular weight excluding hydrogens is 244 g/mol. The van der Waals surface area contributed by atoms with Crippen molar-refractivity contribution in [1.29, 1.82) is 0 Å². The molecule has 2 amide bonds. The molecule has 1 aromatic rings. The lowest BCUT2D eigenvalue weighted by Gasteiger charge is -2.31. The zero-order chi connectivity index (χ0) is 14.4. The molecule has 0 aliphatic heterocycles. The summed E-state index contributed by atoms with van der Waals surface area (Å²) in [6.07, 6.45) is 0. The van der Waals surface area contributed by atoms with E-state index in [2.05, 4.69) is 0 Å². The SMILES string of the molecule is CCN(C(=O)N(CC(=O)O)c1ccccc1)C(C)C. The van der Waals surface area contributed by atoms with Gasteiger partial charge < -0.3 is 10.0 Å². The Kier molecular flexibility index (Phi) is 5.36. The lowest BCUT2D eigenvalue weighted by molar-refractivity contribution is -0.135. The molecule has 1 aromatic carbocycles. The number of rotatable bonds is 5. The van der Waals surface area contributed by atoms with Gasteiger partial charge in [0.2, 0.25) is 0 Å². The van der Waals surface area contributed by atoms with Crippen LogP contribution in [0, 0.1) is 0 Å². The zero-order valence-electron chi connectivity index (χ0n) is 11.5. The van der Waals surface area contributed by atoms with E-state index < -0.39 is 5.97 Å². The second-order valence-corrected chi connectivity index (χ2v) is 4.48. The summed E-state index contributed by atoms with van der Waals surface area (Å²) >= 11 is 0. The first-order valence-electron chi connectivity index (χ1n) is 6.32. The van der Waals surface area contributed by atoms with Gasteiger partial charge >= 0.3 is 12.0 Å². The minimum atomic E-state index is -1.03. The Morgan fingerprint density at radius 3 is 2.21 bits per heavy atom. The van der Waals surface area contributed by atoms with Gasteiger partial charge in [-0.2, -0.15) is 0 Å². The molecule has 0 fully saturated rings. The summed E-state index contributed by atoms with van der Waals surface area (Å²) in [5.41, 5.74) is 0.592. The number of benzene rings is 1. The van der Waals surface area contributed by atoms with Crippen LogP contribution in [-0.4, -0.2) is 41.1 Å². The first-order valence-corrected chi connectivity index (χ1v) is 6.32. The van der Waals surface area contributed by atoms with E-state index in [-0.39, 0.29) is 18.6 Å². The molecule has 19 heavy (non-hydrogen) atoms. The number of hydrogen-bond donors (Lipinski definition) is 1. The van der Waals surface area contributed by atoms with Crippen LogP contribution in [0.3, 0.4) is 0 Å². The highest BCUT2D eigenvalue weighted by atomic mass is 16.4. The largest absolute Gasteiger partial charge is 0.480 e. The molecule has 0 saturated heterocycles. The monoisotopic (exact) mass is 264 g/mol. The Hall–Kier alpha value is -2.04. The number of carbonyl (C=O) groups is 2. The maximum Gasteiger partial charge on any atom is 0.325 e. The fourth-order valence-electron chi connectivity index (χ4n) is 1.89. The summed E-state index contributed by atoms with van der Waals surface area (Å²) in [5, 5.41) is 8.97. The van der Waals surface area contributed by atoms with Crippen LogP contribution in [-0.2, 0) is 4.79 Å². The molecular formula is C14H20N2O3. The fourth-order valence-corrected chi connectivity index (χ4v) is 1.89. The second-order valence-electron chi connectivity index (χ2n) is 4.48. The van der Waals surface area contributed by atoms with Crippen molar-refractivity contribution in [1.82, 2.24) is 4.90 Å². The van der Waals surface area contributed by atoms with E-state index in [0.29, 0.717) is 12.2 Å². The molecule has 0 saturated carbocycles. The normalized spacial score (nSPS) is 10.3. The van der Waals surface area contributed by atoms with Crippen molar-refractivity contribution >= 4 is 17.7 Å². The fraction of sp³-hybridized carbons (Fsp3) is 0.429. The van der Waals surface area contributed by atoms with E-state index in [1.807, 2.05) is 26.8 Å². The second kappa shape index (κ2) is 6.78. The first-order chi connectivity index (χ1) is 8.97. The van der Waals surface area contributed by atoms with Gasteiger partial charge in [0, 0.05) is 18.3 Å². The van der Waals surface area contributed by atoms with Crippen LogP contribution >= 0.6 is 0 Å². The topological polar surface area (TPSA) is 60.9 Å². The molecule has 1 rings (SSSR count). The highest BCUT2D eigenvalue weighted by Crippen LogP contribution is 2.16. The van der Waals surface area contributed by atoms with Crippen molar-refractivity contribution in [2.24, 2.45) is 0 Å². The van der Waals surface area contributed by atoms with Crippen LogP contribution in [0.25, 0.3) is 0 Å². The molecule has 5 heteroatoms. The van der Waals surface area contributed by atoms with Crippen LogP contribution in [0.5, 0.6) is 0 Å². The van der Waals surface area contributed by atoms with E-state index in [9.17, 15) is 9.59 Å². The molecule has 5 nitrogen and oxygen atoms in total. The molecule has 0 bridgehead atoms. The van der Waals surface area contributed by atoms with Gasteiger partial charge in [0.15, 0.2) is 0 Å². The molecule has 0 heterocycles. The average molecular weight is 264 g/mol. The molecule has 0 aromatic heterocycles. The van der Waals surface area contributed by atoms with Crippen molar-refractivity contribution in [3.05, 3.63) is 30.3 Å². The van der Waals surface area contributed by atoms with Crippen LogP contribution in [0.2, 0.25) is 0 Å². The minimum Gasteiger partial charge on any atom is -0.480 e. The number of aliphatic carboxylic acids is 1. The van der Waals surface area contributed by atoms with Gasteiger partial charge in [0.05, 0.1) is 0 Å². The van der Waals surface area contributed by atoms with E-state index in [1.165, 1.54) is 4.90 Å². The van der Waals surface area contributed by atoms with Crippen molar-refractivity contribution in [2.45, 2.75) is 26.8 Å². The quantitative estimate of drug-likeness (QED) is 0.888. The Labute approximate surface area is 113 Å². The van der Waals surface area contributed by atoms with Crippen LogP contribution in [0.1, 0.15) is 20.8 Å². The summed E-state index contributed by atoms with van der Waals surface area (Å²) in [7, 11) is 0. The Balaban J connectivity index is 3.04. The molecule has 0 aliphatic rings. The summed E-state index contributed by atoms with van der Waals surface area (Å²) in [6.45, 7) is 5.89. The van der Waals surface area contributed by atoms with Crippen molar-refractivity contribution in [2.75, 3.05) is 18.0 Å². The standard InChI is InChI=1S/C14H20N2O3/c1-4-15(11(2)3)14(19)16(10-13(17)18)12-8-6-5-7-9-12/h5-9,11H,4,10H2,1-3H3,(H,17,18). The number of carboxylic acids is 1. The van der Waals surface area contributed by atoms with E-state index in [4.69, 9.17) is 5.11 Å². The number of amides is 2. The average Bonchev–Trinajstić information content (AvgIpc) is 2.37. The maximum absolute atomic E-state index is 12.4. The Bertz CT molecular complexity index is 432. The van der Waals surface area contributed by atoms with E-state index in [1.54, 1.807) is 29.2 Å². The van der Waals surface area contributed by atoms with Gasteiger partial charge in [-0.3, -0.25) is 9.69 Å². The smallest absolute Gasteiger partial charge is 0.325 e. The summed E-state index contributed by atoms with van der Waals surface area (Å²) in [4.78, 5) is 26.3. The lowest BCUT2D eigenvalue weighted by atomic mass is 10.2. The third-order valence-corrected chi connectivity index (χ3v) is 2.80. The predicted octanol–water partition coefficient (Wildman–Crippen LogP) is 2.43. The summed E-state index contributed by atoms with van der Waals surface area (Å²) in [6, 6.07) is 8.59. The van der Waals surface area contributed by atoms with Crippen LogP contribution in [0.15, 0.2) is 30.3 Å².